The number of nitrogens with one attached hydrogen (secondary N) is 2. The Labute approximate surface area is 155 Å². The van der Waals surface area contributed by atoms with Crippen LogP contribution in [0.1, 0.15) is 41.5 Å². The van der Waals surface area contributed by atoms with E-state index in [2.05, 4.69) is 128 Å². The van der Waals surface area contributed by atoms with Crippen molar-refractivity contribution in [2.75, 3.05) is 0 Å². The molecule has 0 radical (unpaired) electrons. The van der Waals surface area contributed by atoms with Crippen molar-refractivity contribution in [3.8, 4) is 0 Å². The van der Waals surface area contributed by atoms with E-state index in [1.807, 2.05) is 0 Å². The number of halogens is 1. The van der Waals surface area contributed by atoms with E-state index < -0.39 is 5.61 Å². The van der Waals surface area contributed by atoms with E-state index in [1.165, 1.54) is 10.6 Å². The van der Waals surface area contributed by atoms with Crippen LogP contribution in [0.5, 0.6) is 0 Å². The first-order valence-electron chi connectivity index (χ1n) is 8.38. The summed E-state index contributed by atoms with van der Waals surface area (Å²) in [5.41, 5.74) is -3.17. The molecule has 0 unspecified atom stereocenters. The van der Waals surface area contributed by atoms with Crippen molar-refractivity contribution in [1.82, 2.24) is 10.2 Å². The van der Waals surface area contributed by atoms with Gasteiger partial charge >= 0.3 is 155 Å². The van der Waals surface area contributed by atoms with Gasteiger partial charge in [0, 0.05) is 0 Å². The minimum absolute atomic E-state index is 0.0781. The second-order valence-electron chi connectivity index (χ2n) is 8.40. The standard InChI is InChI=1S/C20H30BrN2P/c1-19(2,3)22-24(21,23-20(4,5)6,17-13-9-7-10-14-17)18-15-11-8-12-16-18/h7-16,22-23H,1-6H3. The van der Waals surface area contributed by atoms with Gasteiger partial charge in [-0.05, 0) is 0 Å². The van der Waals surface area contributed by atoms with Crippen LogP contribution in [0, 0.1) is 0 Å². The van der Waals surface area contributed by atoms with Gasteiger partial charge in [0.25, 0.3) is 0 Å². The third-order valence-corrected chi connectivity index (χ3v) is 11.8. The molecule has 2 aromatic rings. The zero-order valence-corrected chi connectivity index (χ0v) is 18.1. The van der Waals surface area contributed by atoms with Crippen molar-refractivity contribution in [2.24, 2.45) is 0 Å². The first-order valence-corrected chi connectivity index (χ1v) is 12.6. The second kappa shape index (κ2) is 6.53. The van der Waals surface area contributed by atoms with Crippen LogP contribution in [0.25, 0.3) is 0 Å². The number of rotatable bonds is 4. The summed E-state index contributed by atoms with van der Waals surface area (Å²) in [6.07, 6.45) is 0. The molecule has 24 heavy (non-hydrogen) atoms. The molecule has 0 aliphatic carbocycles. The molecule has 2 nitrogen and oxygen atoms in total. The molecule has 0 fully saturated rings. The molecular weight excluding hydrogens is 379 g/mol. The molecule has 0 aliphatic rings. The molecule has 0 saturated carbocycles. The summed E-state index contributed by atoms with van der Waals surface area (Å²) in [5.74, 6) is 0. The fraction of sp³-hybridized carbons (Fsp3) is 0.400. The van der Waals surface area contributed by atoms with Crippen molar-refractivity contribution >= 4 is 31.7 Å². The monoisotopic (exact) mass is 408 g/mol. The van der Waals surface area contributed by atoms with Crippen LogP contribution < -0.4 is 20.8 Å². The summed E-state index contributed by atoms with van der Waals surface area (Å²) in [6, 6.07) is 21.4. The van der Waals surface area contributed by atoms with Gasteiger partial charge in [-0.2, -0.15) is 0 Å². The van der Waals surface area contributed by atoms with E-state index in [4.69, 9.17) is 0 Å². The third kappa shape index (κ3) is 4.26. The van der Waals surface area contributed by atoms with E-state index in [1.54, 1.807) is 0 Å². The van der Waals surface area contributed by atoms with Gasteiger partial charge in [-0.1, -0.05) is 0 Å². The average Bonchev–Trinajstić information content (AvgIpc) is 2.45. The fourth-order valence-corrected chi connectivity index (χ4v) is 12.6. The Morgan fingerprint density at radius 1 is 0.625 bits per heavy atom. The molecule has 0 heterocycles. The van der Waals surface area contributed by atoms with Crippen LogP contribution in [-0.4, -0.2) is 11.1 Å². The van der Waals surface area contributed by atoms with Crippen molar-refractivity contribution < 1.29 is 0 Å². The SMILES string of the molecule is CC(C)(C)NP(Br)(NC(C)(C)C)(c1ccccc1)c1ccccc1. The topological polar surface area (TPSA) is 24.1 Å². The maximum atomic E-state index is 4.29. The number of benzene rings is 2. The summed E-state index contributed by atoms with van der Waals surface area (Å²) in [5, 5.41) is 10.4. The van der Waals surface area contributed by atoms with Crippen molar-refractivity contribution in [1.29, 1.82) is 0 Å². The third-order valence-electron chi connectivity index (χ3n) is 3.57. The summed E-state index contributed by atoms with van der Waals surface area (Å²) in [4.78, 5) is 0. The normalized spacial score (nSPS) is 14.9. The summed E-state index contributed by atoms with van der Waals surface area (Å²) in [6.45, 7) is 13.3. The molecule has 0 bridgehead atoms. The van der Waals surface area contributed by atoms with Gasteiger partial charge < -0.3 is 0 Å². The van der Waals surface area contributed by atoms with Gasteiger partial charge in [0.1, 0.15) is 0 Å². The Bertz CT molecular complexity index is 613. The first kappa shape index (κ1) is 19.6. The molecule has 0 saturated heterocycles. The van der Waals surface area contributed by atoms with Gasteiger partial charge in [-0.3, -0.25) is 0 Å². The van der Waals surface area contributed by atoms with E-state index in [0.717, 1.165) is 0 Å². The van der Waals surface area contributed by atoms with E-state index in [0.29, 0.717) is 0 Å². The number of hydrogen-bond donors (Lipinski definition) is 2. The van der Waals surface area contributed by atoms with Crippen molar-refractivity contribution in [3.63, 3.8) is 0 Å². The quantitative estimate of drug-likeness (QED) is 0.686. The Morgan fingerprint density at radius 2 is 0.917 bits per heavy atom. The Kier molecular flexibility index (Phi) is 5.33. The maximum absolute atomic E-state index is 4.29. The van der Waals surface area contributed by atoms with E-state index in [-0.39, 0.29) is 11.1 Å². The predicted octanol–water partition coefficient (Wildman–Crippen LogP) is 5.11. The number of hydrogen-bond acceptors (Lipinski definition) is 2. The molecule has 2 aromatic carbocycles. The summed E-state index contributed by atoms with van der Waals surface area (Å²) >= 11 is 4.29. The first-order chi connectivity index (χ1) is 10.9. The second-order valence-corrected chi connectivity index (χ2v) is 16.2. The van der Waals surface area contributed by atoms with Gasteiger partial charge in [-0.15, -0.1) is 0 Å². The molecule has 0 aromatic heterocycles. The molecule has 4 heteroatoms. The molecule has 0 spiro atoms. The Morgan fingerprint density at radius 3 is 1.17 bits per heavy atom. The van der Waals surface area contributed by atoms with E-state index in [9.17, 15) is 0 Å². The van der Waals surface area contributed by atoms with Crippen LogP contribution in [0.4, 0.5) is 0 Å². The fourth-order valence-electron chi connectivity index (χ4n) is 3.11. The van der Waals surface area contributed by atoms with Crippen LogP contribution >= 0.6 is 21.1 Å². The molecule has 0 aliphatic heterocycles. The Hall–Kier alpha value is -0.730. The molecular formula is C20H30BrN2P. The van der Waals surface area contributed by atoms with Crippen molar-refractivity contribution in [3.05, 3.63) is 60.7 Å². The van der Waals surface area contributed by atoms with Gasteiger partial charge in [0.15, 0.2) is 0 Å². The molecule has 132 valence electrons. The van der Waals surface area contributed by atoms with Crippen LogP contribution in [0.2, 0.25) is 0 Å². The van der Waals surface area contributed by atoms with Crippen LogP contribution in [0.3, 0.4) is 0 Å². The molecule has 0 atom stereocenters. The molecule has 2 N–H and O–H groups in total. The summed E-state index contributed by atoms with van der Waals surface area (Å²) < 4.78 is 0. The van der Waals surface area contributed by atoms with Gasteiger partial charge in [0.2, 0.25) is 0 Å². The Balaban J connectivity index is 2.83. The predicted molar refractivity (Wildman–Crippen MR) is 114 cm³/mol. The zero-order chi connectivity index (χ0) is 18.1. The average molecular weight is 409 g/mol. The van der Waals surface area contributed by atoms with Crippen LogP contribution in [0.15, 0.2) is 60.7 Å². The van der Waals surface area contributed by atoms with Crippen molar-refractivity contribution in [2.45, 2.75) is 52.6 Å². The van der Waals surface area contributed by atoms with E-state index >= 15 is 0 Å². The minimum atomic E-state index is -3.01. The zero-order valence-electron chi connectivity index (χ0n) is 15.6. The van der Waals surface area contributed by atoms with Gasteiger partial charge in [0.05, 0.1) is 0 Å². The van der Waals surface area contributed by atoms with Gasteiger partial charge in [-0.25, -0.2) is 0 Å². The summed E-state index contributed by atoms with van der Waals surface area (Å²) in [7, 11) is 0. The molecule has 2 rings (SSSR count). The molecule has 0 amide bonds. The van der Waals surface area contributed by atoms with Crippen LogP contribution in [-0.2, 0) is 0 Å².